The lowest BCUT2D eigenvalue weighted by molar-refractivity contribution is -0.384. The van der Waals surface area contributed by atoms with E-state index in [1.807, 2.05) is 0 Å². The largest absolute Gasteiger partial charge is 0.489 e. The first kappa shape index (κ1) is 19.2. The number of imide groups is 1. The molecule has 1 saturated heterocycles. The Morgan fingerprint density at radius 1 is 1.06 bits per heavy atom. The molecular formula is C23H19N3O5. The Kier molecular flexibility index (Phi) is 4.62. The topological polar surface area (TPSA) is 102 Å². The number of nitro groups is 1. The molecule has 4 atom stereocenters. The van der Waals surface area contributed by atoms with E-state index in [0.29, 0.717) is 11.3 Å². The smallest absolute Gasteiger partial charge is 0.269 e. The van der Waals surface area contributed by atoms with E-state index in [9.17, 15) is 19.7 Å². The van der Waals surface area contributed by atoms with Crippen LogP contribution in [0.25, 0.3) is 0 Å². The van der Waals surface area contributed by atoms with Crippen LogP contribution in [-0.2, 0) is 16.2 Å². The number of amides is 2. The third kappa shape index (κ3) is 3.39. The summed E-state index contributed by atoms with van der Waals surface area (Å²) >= 11 is 0. The number of non-ortho nitro benzene ring substituents is 1. The third-order valence-corrected chi connectivity index (χ3v) is 6.18. The maximum Gasteiger partial charge on any atom is 0.269 e. The van der Waals surface area contributed by atoms with E-state index >= 15 is 0 Å². The molecule has 156 valence electrons. The van der Waals surface area contributed by atoms with E-state index in [0.717, 1.165) is 17.0 Å². The van der Waals surface area contributed by atoms with Gasteiger partial charge < -0.3 is 4.74 Å². The minimum atomic E-state index is -0.442. The van der Waals surface area contributed by atoms with Gasteiger partial charge in [-0.25, -0.2) is 0 Å². The zero-order valence-electron chi connectivity index (χ0n) is 16.5. The number of hydrazone groups is 1. The highest BCUT2D eigenvalue weighted by Crippen LogP contribution is 2.52. The molecule has 0 spiro atoms. The van der Waals surface area contributed by atoms with Crippen LogP contribution >= 0.6 is 0 Å². The highest BCUT2D eigenvalue weighted by Gasteiger charge is 2.59. The Morgan fingerprint density at radius 2 is 1.74 bits per heavy atom. The SMILES string of the molecule is O=C1C2C3C=CC(C3)C2C(=O)N1N=Cc1ccc(OCc2cccc([N+](=O)[O-])c2)cc1. The van der Waals surface area contributed by atoms with Crippen molar-refractivity contribution in [1.82, 2.24) is 5.01 Å². The lowest BCUT2D eigenvalue weighted by Gasteiger charge is -2.13. The first-order chi connectivity index (χ1) is 15.0. The number of nitrogens with zero attached hydrogens (tertiary/aromatic N) is 3. The van der Waals surface area contributed by atoms with Crippen LogP contribution in [0.1, 0.15) is 17.5 Å². The maximum atomic E-state index is 12.6. The van der Waals surface area contributed by atoms with Gasteiger partial charge in [0.1, 0.15) is 12.4 Å². The molecule has 2 fully saturated rings. The zero-order valence-corrected chi connectivity index (χ0v) is 16.5. The molecule has 2 amide bonds. The minimum absolute atomic E-state index is 0.0200. The molecule has 1 heterocycles. The number of benzene rings is 2. The Labute approximate surface area is 178 Å². The molecule has 3 aliphatic rings. The van der Waals surface area contributed by atoms with Crippen molar-refractivity contribution in [2.75, 3.05) is 0 Å². The molecule has 4 unspecified atom stereocenters. The van der Waals surface area contributed by atoms with Crippen LogP contribution in [0.5, 0.6) is 5.75 Å². The predicted molar refractivity (Wildman–Crippen MR) is 111 cm³/mol. The highest BCUT2D eigenvalue weighted by atomic mass is 16.6. The number of carbonyl (C=O) groups is 2. The van der Waals surface area contributed by atoms with Crippen molar-refractivity contribution >= 4 is 23.7 Å². The molecule has 0 aromatic heterocycles. The summed E-state index contributed by atoms with van der Waals surface area (Å²) < 4.78 is 5.68. The summed E-state index contributed by atoms with van der Waals surface area (Å²) in [7, 11) is 0. The summed E-state index contributed by atoms with van der Waals surface area (Å²) in [5.74, 6) is -0.0223. The lowest BCUT2D eigenvalue weighted by atomic mass is 9.85. The quantitative estimate of drug-likeness (QED) is 0.236. The van der Waals surface area contributed by atoms with Gasteiger partial charge in [0, 0.05) is 12.1 Å². The number of allylic oxidation sites excluding steroid dienone is 2. The van der Waals surface area contributed by atoms with Gasteiger partial charge in [-0.1, -0.05) is 24.3 Å². The number of ether oxygens (including phenoxy) is 1. The molecule has 0 radical (unpaired) electrons. The summed E-state index contributed by atoms with van der Waals surface area (Å²) in [5.41, 5.74) is 1.44. The van der Waals surface area contributed by atoms with Crippen LogP contribution in [0, 0.1) is 33.8 Å². The predicted octanol–water partition coefficient (Wildman–Crippen LogP) is 3.31. The van der Waals surface area contributed by atoms with Crippen molar-refractivity contribution in [3.63, 3.8) is 0 Å². The molecular weight excluding hydrogens is 398 g/mol. The Bertz CT molecular complexity index is 1090. The highest BCUT2D eigenvalue weighted by molar-refractivity contribution is 6.06. The molecule has 2 aromatic rings. The first-order valence-corrected chi connectivity index (χ1v) is 10.1. The molecule has 8 heteroatoms. The number of hydrogen-bond donors (Lipinski definition) is 0. The van der Waals surface area contributed by atoms with E-state index in [1.54, 1.807) is 36.4 Å². The second-order valence-corrected chi connectivity index (χ2v) is 8.02. The fourth-order valence-corrected chi connectivity index (χ4v) is 4.70. The number of rotatable bonds is 6. The van der Waals surface area contributed by atoms with Crippen molar-refractivity contribution in [1.29, 1.82) is 0 Å². The van der Waals surface area contributed by atoms with Crippen molar-refractivity contribution in [3.8, 4) is 5.75 Å². The standard InChI is InChI=1S/C23H19N3O5/c27-22-20-16-6-7-17(11-16)21(20)23(28)25(22)24-12-14-4-8-19(9-5-14)31-13-15-2-1-3-18(10-15)26(29)30/h1-10,12,16-17,20-21H,11,13H2. The van der Waals surface area contributed by atoms with Gasteiger partial charge in [0.25, 0.3) is 17.5 Å². The molecule has 8 nitrogen and oxygen atoms in total. The summed E-state index contributed by atoms with van der Waals surface area (Å²) in [5, 5.41) is 16.0. The van der Waals surface area contributed by atoms with E-state index in [2.05, 4.69) is 17.3 Å². The van der Waals surface area contributed by atoms with Gasteiger partial charge in [-0.2, -0.15) is 10.1 Å². The third-order valence-electron chi connectivity index (χ3n) is 6.18. The molecule has 0 N–H and O–H groups in total. The number of nitro benzene ring substituents is 1. The van der Waals surface area contributed by atoms with Gasteiger partial charge in [-0.3, -0.25) is 19.7 Å². The summed E-state index contributed by atoms with van der Waals surface area (Å²) in [6.45, 7) is 0.199. The van der Waals surface area contributed by atoms with E-state index < -0.39 is 4.92 Å². The Hall–Kier alpha value is -3.81. The average molecular weight is 417 g/mol. The number of hydrogen-bond acceptors (Lipinski definition) is 6. The fourth-order valence-electron chi connectivity index (χ4n) is 4.70. The summed E-state index contributed by atoms with van der Waals surface area (Å²) in [6.07, 6.45) is 6.49. The average Bonchev–Trinajstić information content (AvgIpc) is 3.46. The van der Waals surface area contributed by atoms with E-state index in [4.69, 9.17) is 4.74 Å². The van der Waals surface area contributed by atoms with Gasteiger partial charge in [-0.15, -0.1) is 0 Å². The first-order valence-electron chi connectivity index (χ1n) is 10.1. The van der Waals surface area contributed by atoms with Gasteiger partial charge in [0.05, 0.1) is 23.0 Å². The number of fused-ring (bicyclic) bond motifs is 5. The Balaban J connectivity index is 1.21. The summed E-state index contributed by atoms with van der Waals surface area (Å²) in [6, 6.07) is 13.3. The Morgan fingerprint density at radius 3 is 2.39 bits per heavy atom. The molecule has 2 bridgehead atoms. The van der Waals surface area contributed by atoms with Crippen molar-refractivity contribution in [3.05, 3.63) is 81.9 Å². The second-order valence-electron chi connectivity index (χ2n) is 8.02. The molecule has 31 heavy (non-hydrogen) atoms. The normalized spacial score (nSPS) is 26.1. The van der Waals surface area contributed by atoms with E-state index in [1.165, 1.54) is 18.3 Å². The van der Waals surface area contributed by atoms with Crippen LogP contribution in [0.4, 0.5) is 5.69 Å². The lowest BCUT2D eigenvalue weighted by Crippen LogP contribution is -2.28. The van der Waals surface area contributed by atoms with Crippen LogP contribution < -0.4 is 4.74 Å². The molecule has 1 aliphatic heterocycles. The minimum Gasteiger partial charge on any atom is -0.489 e. The van der Waals surface area contributed by atoms with Gasteiger partial charge >= 0.3 is 0 Å². The summed E-state index contributed by atoms with van der Waals surface area (Å²) in [4.78, 5) is 35.7. The second kappa shape index (κ2) is 7.46. The monoisotopic (exact) mass is 417 g/mol. The van der Waals surface area contributed by atoms with Crippen molar-refractivity contribution in [2.45, 2.75) is 13.0 Å². The van der Waals surface area contributed by atoms with Crippen LogP contribution in [-0.4, -0.2) is 28.0 Å². The van der Waals surface area contributed by atoms with Crippen LogP contribution in [0.2, 0.25) is 0 Å². The number of carbonyl (C=O) groups excluding carboxylic acids is 2. The van der Waals surface area contributed by atoms with Gasteiger partial charge in [0.15, 0.2) is 0 Å². The van der Waals surface area contributed by atoms with Gasteiger partial charge in [0.2, 0.25) is 0 Å². The van der Waals surface area contributed by atoms with E-state index in [-0.39, 0.29) is 47.8 Å². The van der Waals surface area contributed by atoms with Crippen LogP contribution in [0.3, 0.4) is 0 Å². The maximum absolute atomic E-state index is 12.6. The van der Waals surface area contributed by atoms with Crippen LogP contribution in [0.15, 0.2) is 65.8 Å². The molecule has 5 rings (SSSR count). The molecule has 2 aliphatic carbocycles. The van der Waals surface area contributed by atoms with Crippen molar-refractivity contribution in [2.24, 2.45) is 28.8 Å². The molecule has 2 aromatic carbocycles. The molecule has 1 saturated carbocycles. The van der Waals surface area contributed by atoms with Crippen molar-refractivity contribution < 1.29 is 19.2 Å². The van der Waals surface area contributed by atoms with Gasteiger partial charge in [-0.05, 0) is 53.6 Å². The fraction of sp³-hybridized carbons (Fsp3) is 0.261. The zero-order chi connectivity index (χ0) is 21.5.